The number of nitrogens with two attached hydrogens (primary N) is 1. The summed E-state index contributed by atoms with van der Waals surface area (Å²) < 4.78 is 0. The molecule has 0 amide bonds. The lowest BCUT2D eigenvalue weighted by Gasteiger charge is -2.19. The minimum absolute atomic E-state index is 0.437. The molecule has 0 saturated carbocycles. The Hall–Kier alpha value is -1.95. The number of aromatic nitrogens is 2. The standard InChI is InChI=1S/C16H21N5S/c1-2-14-20-21-15(22-14)10-18-16(17)19-13-9-5-7-11-6-3-4-8-12(11)13/h5,7,9H,2-4,6,8,10H2,1H3,(H3,17,18,19). The monoisotopic (exact) mass is 315 g/mol. The molecule has 0 saturated heterocycles. The summed E-state index contributed by atoms with van der Waals surface area (Å²) in [5, 5.41) is 13.4. The third-order valence-electron chi connectivity index (χ3n) is 3.85. The SMILES string of the molecule is CCc1nnc(CN=C(N)Nc2cccc3c2CCCC3)s1. The van der Waals surface area contributed by atoms with Crippen molar-refractivity contribution in [3.05, 3.63) is 39.3 Å². The van der Waals surface area contributed by atoms with Crippen LogP contribution in [0.2, 0.25) is 0 Å². The predicted octanol–water partition coefficient (Wildman–Crippen LogP) is 2.91. The van der Waals surface area contributed by atoms with Crippen LogP contribution in [-0.2, 0) is 25.8 Å². The summed E-state index contributed by atoms with van der Waals surface area (Å²) in [5.74, 6) is 0.437. The molecule has 0 atom stereocenters. The lowest BCUT2D eigenvalue weighted by molar-refractivity contribution is 0.687. The highest BCUT2D eigenvalue weighted by Gasteiger charge is 2.13. The van der Waals surface area contributed by atoms with Gasteiger partial charge in [0.2, 0.25) is 0 Å². The van der Waals surface area contributed by atoms with Crippen molar-refractivity contribution in [2.75, 3.05) is 5.32 Å². The second-order valence-electron chi connectivity index (χ2n) is 5.42. The quantitative estimate of drug-likeness (QED) is 0.672. The molecule has 0 spiro atoms. The normalized spacial score (nSPS) is 14.7. The van der Waals surface area contributed by atoms with Crippen molar-refractivity contribution < 1.29 is 0 Å². The number of hydrogen-bond acceptors (Lipinski definition) is 4. The van der Waals surface area contributed by atoms with Gasteiger partial charge in [0, 0.05) is 5.69 Å². The zero-order valence-electron chi connectivity index (χ0n) is 12.8. The average molecular weight is 315 g/mol. The van der Waals surface area contributed by atoms with Gasteiger partial charge in [-0.25, -0.2) is 4.99 Å². The van der Waals surface area contributed by atoms with Crippen LogP contribution >= 0.6 is 11.3 Å². The van der Waals surface area contributed by atoms with Gasteiger partial charge in [0.15, 0.2) is 5.96 Å². The fourth-order valence-corrected chi connectivity index (χ4v) is 3.43. The van der Waals surface area contributed by atoms with E-state index >= 15 is 0 Å². The van der Waals surface area contributed by atoms with E-state index in [9.17, 15) is 0 Å². The van der Waals surface area contributed by atoms with Crippen LogP contribution in [0.1, 0.15) is 40.9 Å². The summed E-state index contributed by atoms with van der Waals surface area (Å²) in [6.07, 6.45) is 5.70. The number of nitrogens with one attached hydrogen (secondary N) is 1. The van der Waals surface area contributed by atoms with Gasteiger partial charge in [-0.2, -0.15) is 0 Å². The molecule has 0 aliphatic heterocycles. The van der Waals surface area contributed by atoms with Crippen LogP contribution in [0.25, 0.3) is 0 Å². The van der Waals surface area contributed by atoms with E-state index in [1.807, 2.05) is 0 Å². The Morgan fingerprint density at radius 2 is 2.09 bits per heavy atom. The number of benzene rings is 1. The Morgan fingerprint density at radius 3 is 2.91 bits per heavy atom. The highest BCUT2D eigenvalue weighted by Crippen LogP contribution is 2.27. The van der Waals surface area contributed by atoms with Gasteiger partial charge in [0.1, 0.15) is 10.0 Å². The van der Waals surface area contributed by atoms with Gasteiger partial charge in [-0.15, -0.1) is 10.2 Å². The second kappa shape index (κ2) is 6.87. The molecule has 1 aliphatic carbocycles. The fraction of sp³-hybridized carbons (Fsp3) is 0.438. The molecule has 1 heterocycles. The molecule has 22 heavy (non-hydrogen) atoms. The summed E-state index contributed by atoms with van der Waals surface area (Å²) in [5.41, 5.74) is 9.93. The van der Waals surface area contributed by atoms with Crippen LogP contribution in [0.3, 0.4) is 0 Å². The summed E-state index contributed by atoms with van der Waals surface area (Å²) >= 11 is 1.59. The molecule has 3 rings (SSSR count). The lowest BCUT2D eigenvalue weighted by atomic mass is 9.90. The maximum atomic E-state index is 6.02. The van der Waals surface area contributed by atoms with Crippen LogP contribution < -0.4 is 11.1 Å². The Labute approximate surface area is 134 Å². The molecule has 3 N–H and O–H groups in total. The van der Waals surface area contributed by atoms with Crippen molar-refractivity contribution >= 4 is 23.0 Å². The number of nitrogens with zero attached hydrogens (tertiary/aromatic N) is 3. The molecule has 0 bridgehead atoms. The van der Waals surface area contributed by atoms with E-state index in [1.54, 1.807) is 11.3 Å². The van der Waals surface area contributed by atoms with Crippen LogP contribution in [0.5, 0.6) is 0 Å². The number of hydrogen-bond donors (Lipinski definition) is 2. The van der Waals surface area contributed by atoms with Crippen LogP contribution in [-0.4, -0.2) is 16.2 Å². The summed E-state index contributed by atoms with van der Waals surface area (Å²) in [6, 6.07) is 6.37. The van der Waals surface area contributed by atoms with Crippen LogP contribution in [0.4, 0.5) is 5.69 Å². The maximum absolute atomic E-state index is 6.02. The highest BCUT2D eigenvalue weighted by atomic mass is 32.1. The molecule has 1 aliphatic rings. The topological polar surface area (TPSA) is 76.2 Å². The van der Waals surface area contributed by atoms with E-state index in [4.69, 9.17) is 5.73 Å². The van der Waals surface area contributed by atoms with Gasteiger partial charge in [-0.05, 0) is 49.3 Å². The van der Waals surface area contributed by atoms with E-state index in [2.05, 4.69) is 45.6 Å². The van der Waals surface area contributed by atoms with Crippen molar-refractivity contribution in [1.29, 1.82) is 0 Å². The van der Waals surface area contributed by atoms with Crippen LogP contribution in [0.15, 0.2) is 23.2 Å². The molecule has 0 unspecified atom stereocenters. The first-order chi connectivity index (χ1) is 10.8. The van der Waals surface area contributed by atoms with Gasteiger partial charge in [-0.1, -0.05) is 30.4 Å². The van der Waals surface area contributed by atoms with Crippen molar-refractivity contribution in [1.82, 2.24) is 10.2 Å². The molecule has 0 fully saturated rings. The average Bonchev–Trinajstić information content (AvgIpc) is 3.01. The van der Waals surface area contributed by atoms with Crippen molar-refractivity contribution in [2.24, 2.45) is 10.7 Å². The van der Waals surface area contributed by atoms with Gasteiger partial charge in [-0.3, -0.25) is 0 Å². The largest absolute Gasteiger partial charge is 0.370 e. The molecule has 1 aromatic heterocycles. The zero-order valence-corrected chi connectivity index (χ0v) is 13.6. The molecule has 0 radical (unpaired) electrons. The second-order valence-corrected chi connectivity index (χ2v) is 6.57. The predicted molar refractivity (Wildman–Crippen MR) is 91.3 cm³/mol. The summed E-state index contributed by atoms with van der Waals surface area (Å²) in [7, 11) is 0. The van der Waals surface area contributed by atoms with Gasteiger partial charge in [0.25, 0.3) is 0 Å². The number of anilines is 1. The molecule has 6 heteroatoms. The van der Waals surface area contributed by atoms with Gasteiger partial charge >= 0.3 is 0 Å². The van der Waals surface area contributed by atoms with Crippen LogP contribution in [0, 0.1) is 0 Å². The lowest BCUT2D eigenvalue weighted by Crippen LogP contribution is -2.24. The third-order valence-corrected chi connectivity index (χ3v) is 4.91. The third kappa shape index (κ3) is 3.44. The van der Waals surface area contributed by atoms with Gasteiger partial charge in [0.05, 0.1) is 6.54 Å². The summed E-state index contributed by atoms with van der Waals surface area (Å²) in [4.78, 5) is 4.38. The molecule has 5 nitrogen and oxygen atoms in total. The van der Waals surface area contributed by atoms with Crippen molar-refractivity contribution in [2.45, 2.75) is 45.6 Å². The van der Waals surface area contributed by atoms with Gasteiger partial charge < -0.3 is 11.1 Å². The Morgan fingerprint density at radius 1 is 1.27 bits per heavy atom. The molecular formula is C16H21N5S. The van der Waals surface area contributed by atoms with E-state index < -0.39 is 0 Å². The molecule has 116 valence electrons. The number of aliphatic imine (C=N–C) groups is 1. The molecule has 1 aromatic carbocycles. The first-order valence-corrected chi connectivity index (χ1v) is 8.57. The Balaban J connectivity index is 1.68. The molecular weight excluding hydrogens is 294 g/mol. The number of fused-ring (bicyclic) bond motifs is 1. The summed E-state index contributed by atoms with van der Waals surface area (Å²) in [6.45, 7) is 2.55. The minimum Gasteiger partial charge on any atom is -0.370 e. The first-order valence-electron chi connectivity index (χ1n) is 7.75. The fourth-order valence-electron chi connectivity index (χ4n) is 2.72. The zero-order chi connectivity index (χ0) is 15.4. The highest BCUT2D eigenvalue weighted by molar-refractivity contribution is 7.11. The number of rotatable bonds is 4. The Bertz CT molecular complexity index is 677. The van der Waals surface area contributed by atoms with E-state index in [0.29, 0.717) is 12.5 Å². The maximum Gasteiger partial charge on any atom is 0.193 e. The minimum atomic E-state index is 0.437. The van der Waals surface area contributed by atoms with Crippen molar-refractivity contribution in [3.8, 4) is 0 Å². The number of guanidine groups is 1. The van der Waals surface area contributed by atoms with E-state index in [0.717, 1.165) is 35.0 Å². The van der Waals surface area contributed by atoms with E-state index in [-0.39, 0.29) is 0 Å². The Kier molecular flexibility index (Phi) is 4.68. The smallest absolute Gasteiger partial charge is 0.193 e. The van der Waals surface area contributed by atoms with Crippen molar-refractivity contribution in [3.63, 3.8) is 0 Å². The molecule has 2 aromatic rings. The first kappa shape index (κ1) is 15.0. The number of aryl methyl sites for hydroxylation is 2. The van der Waals surface area contributed by atoms with E-state index in [1.165, 1.54) is 24.0 Å².